The van der Waals surface area contributed by atoms with E-state index >= 15 is 0 Å². The van der Waals surface area contributed by atoms with Crippen molar-refractivity contribution in [3.8, 4) is 6.07 Å². The van der Waals surface area contributed by atoms with Crippen LogP contribution in [0.15, 0.2) is 0 Å². The summed E-state index contributed by atoms with van der Waals surface area (Å²) >= 11 is 0. The Kier molecular flexibility index (Phi) is 6.91. The van der Waals surface area contributed by atoms with Crippen molar-refractivity contribution in [2.45, 2.75) is 45.3 Å². The van der Waals surface area contributed by atoms with E-state index in [2.05, 4.69) is 5.32 Å². The zero-order chi connectivity index (χ0) is 13.4. The van der Waals surface area contributed by atoms with Crippen molar-refractivity contribution >= 4 is 11.8 Å². The number of amides is 2. The third-order valence-electron chi connectivity index (χ3n) is 2.20. The van der Waals surface area contributed by atoms with Crippen LogP contribution < -0.4 is 11.1 Å². The average Bonchev–Trinajstić information content (AvgIpc) is 2.22. The molecule has 0 saturated carbocycles. The van der Waals surface area contributed by atoms with Gasteiger partial charge in [0.05, 0.1) is 6.07 Å². The Balaban J connectivity index is 4.30. The Bertz CT molecular complexity index is 310. The number of nitriles is 1. The Morgan fingerprint density at radius 3 is 2.47 bits per heavy atom. The Morgan fingerprint density at radius 1 is 1.47 bits per heavy atom. The van der Waals surface area contributed by atoms with Crippen molar-refractivity contribution in [3.05, 3.63) is 0 Å². The summed E-state index contributed by atoms with van der Waals surface area (Å²) < 4.78 is 0. The molecule has 2 atom stereocenters. The number of rotatable bonds is 7. The van der Waals surface area contributed by atoms with Crippen LogP contribution in [0.2, 0.25) is 0 Å². The number of nitrogens with one attached hydrogen (secondary N) is 1. The minimum Gasteiger partial charge on any atom is -0.383 e. The lowest BCUT2D eigenvalue weighted by molar-refractivity contribution is -0.133. The lowest BCUT2D eigenvalue weighted by Crippen LogP contribution is -2.48. The summed E-state index contributed by atoms with van der Waals surface area (Å²) in [6.45, 7) is 3.75. The summed E-state index contributed by atoms with van der Waals surface area (Å²) in [5.41, 5.74) is 5.08. The fraction of sp³-hybridized carbons (Fsp3) is 0.727. The summed E-state index contributed by atoms with van der Waals surface area (Å²) in [6.07, 6.45) is -0.561. The van der Waals surface area contributed by atoms with Gasteiger partial charge in [-0.1, -0.05) is 13.8 Å². The number of carbonyl (C=O) groups excluding carboxylic acids is 2. The second-order valence-electron chi connectivity index (χ2n) is 4.31. The monoisotopic (exact) mass is 241 g/mol. The number of nitrogens with zero attached hydrogens (tertiary/aromatic N) is 1. The van der Waals surface area contributed by atoms with Crippen LogP contribution in [0.3, 0.4) is 0 Å². The molecule has 0 radical (unpaired) electrons. The highest BCUT2D eigenvalue weighted by Gasteiger charge is 2.22. The molecule has 0 aromatic carbocycles. The van der Waals surface area contributed by atoms with Gasteiger partial charge in [-0.3, -0.25) is 9.59 Å². The fourth-order valence-corrected chi connectivity index (χ4v) is 1.32. The molecule has 0 aliphatic rings. The Hall–Kier alpha value is -1.61. The first-order valence-electron chi connectivity index (χ1n) is 5.53. The molecule has 6 heteroatoms. The van der Waals surface area contributed by atoms with E-state index in [0.717, 1.165) is 0 Å². The molecule has 0 bridgehead atoms. The van der Waals surface area contributed by atoms with Crippen LogP contribution in [-0.4, -0.2) is 29.1 Å². The first-order valence-corrected chi connectivity index (χ1v) is 5.53. The molecule has 0 aliphatic heterocycles. The zero-order valence-electron chi connectivity index (χ0n) is 10.1. The first kappa shape index (κ1) is 15.4. The maximum atomic E-state index is 11.5. The SMILES string of the molecule is CC(C)C[C@@H](O)C(=O)N[C@@H](CCC#N)C(N)=O. The molecule has 6 nitrogen and oxygen atoms in total. The van der Waals surface area contributed by atoms with Gasteiger partial charge in [-0.05, 0) is 18.8 Å². The molecular weight excluding hydrogens is 222 g/mol. The van der Waals surface area contributed by atoms with Gasteiger partial charge in [0, 0.05) is 6.42 Å². The smallest absolute Gasteiger partial charge is 0.249 e. The Labute approximate surface area is 101 Å². The third kappa shape index (κ3) is 6.53. The summed E-state index contributed by atoms with van der Waals surface area (Å²) in [6, 6.07) is 0.967. The van der Waals surface area contributed by atoms with Gasteiger partial charge in [-0.2, -0.15) is 5.26 Å². The fourth-order valence-electron chi connectivity index (χ4n) is 1.32. The predicted molar refractivity (Wildman–Crippen MR) is 61.4 cm³/mol. The normalized spacial score (nSPS) is 13.8. The van der Waals surface area contributed by atoms with Crippen LogP contribution in [-0.2, 0) is 9.59 Å². The molecule has 0 aliphatic carbocycles. The van der Waals surface area contributed by atoms with Crippen LogP contribution in [0.5, 0.6) is 0 Å². The number of aliphatic hydroxyl groups excluding tert-OH is 1. The molecule has 0 rings (SSSR count). The van der Waals surface area contributed by atoms with E-state index in [1.807, 2.05) is 19.9 Å². The predicted octanol–water partition coefficient (Wildman–Crippen LogP) is -0.333. The van der Waals surface area contributed by atoms with Crippen LogP contribution in [0, 0.1) is 17.2 Å². The van der Waals surface area contributed by atoms with Gasteiger partial charge in [0.1, 0.15) is 12.1 Å². The van der Waals surface area contributed by atoms with Gasteiger partial charge in [0.2, 0.25) is 11.8 Å². The molecule has 0 spiro atoms. The van der Waals surface area contributed by atoms with Gasteiger partial charge >= 0.3 is 0 Å². The molecule has 0 aromatic heterocycles. The van der Waals surface area contributed by atoms with E-state index in [1.165, 1.54) is 0 Å². The minimum absolute atomic E-state index is 0.119. The third-order valence-corrected chi connectivity index (χ3v) is 2.20. The van der Waals surface area contributed by atoms with Crippen molar-refractivity contribution < 1.29 is 14.7 Å². The molecule has 96 valence electrons. The second kappa shape index (κ2) is 7.63. The quantitative estimate of drug-likeness (QED) is 0.565. The number of primary amides is 1. The maximum absolute atomic E-state index is 11.5. The van der Waals surface area contributed by atoms with Gasteiger partial charge in [-0.15, -0.1) is 0 Å². The largest absolute Gasteiger partial charge is 0.383 e. The number of hydrogen-bond donors (Lipinski definition) is 3. The van der Waals surface area contributed by atoms with Crippen molar-refractivity contribution in [3.63, 3.8) is 0 Å². The van der Waals surface area contributed by atoms with Crippen molar-refractivity contribution in [1.82, 2.24) is 5.32 Å². The highest BCUT2D eigenvalue weighted by atomic mass is 16.3. The lowest BCUT2D eigenvalue weighted by Gasteiger charge is -2.18. The topological polar surface area (TPSA) is 116 Å². The van der Waals surface area contributed by atoms with Crippen molar-refractivity contribution in [2.75, 3.05) is 0 Å². The summed E-state index contributed by atoms with van der Waals surface area (Å²) in [5, 5.41) is 20.3. The molecule has 0 unspecified atom stereocenters. The molecule has 2 amide bonds. The minimum atomic E-state index is -1.15. The first-order chi connectivity index (χ1) is 7.88. The Morgan fingerprint density at radius 2 is 2.06 bits per heavy atom. The highest BCUT2D eigenvalue weighted by molar-refractivity contribution is 5.88. The second-order valence-corrected chi connectivity index (χ2v) is 4.31. The molecular formula is C11H19N3O3. The number of aliphatic hydroxyl groups is 1. The lowest BCUT2D eigenvalue weighted by atomic mass is 10.0. The van der Waals surface area contributed by atoms with Gasteiger partial charge in [-0.25, -0.2) is 0 Å². The van der Waals surface area contributed by atoms with Gasteiger partial charge in [0.15, 0.2) is 0 Å². The van der Waals surface area contributed by atoms with Crippen LogP contribution in [0.1, 0.15) is 33.1 Å². The summed E-state index contributed by atoms with van der Waals surface area (Å²) in [7, 11) is 0. The highest BCUT2D eigenvalue weighted by Crippen LogP contribution is 2.05. The molecule has 17 heavy (non-hydrogen) atoms. The number of nitrogens with two attached hydrogens (primary N) is 1. The van der Waals surface area contributed by atoms with E-state index < -0.39 is 24.0 Å². The van der Waals surface area contributed by atoms with E-state index in [4.69, 9.17) is 11.0 Å². The van der Waals surface area contributed by atoms with Crippen LogP contribution >= 0.6 is 0 Å². The van der Waals surface area contributed by atoms with E-state index in [-0.39, 0.29) is 18.8 Å². The molecule has 0 heterocycles. The van der Waals surface area contributed by atoms with E-state index in [9.17, 15) is 14.7 Å². The standard InChI is InChI=1S/C11H19N3O3/c1-7(2)6-9(15)11(17)14-8(10(13)16)4-3-5-12/h7-9,15H,3-4,6H2,1-2H3,(H2,13,16)(H,14,17)/t8-,9+/m0/s1. The average molecular weight is 241 g/mol. The molecule has 0 fully saturated rings. The van der Waals surface area contributed by atoms with E-state index in [1.54, 1.807) is 0 Å². The van der Waals surface area contributed by atoms with Crippen LogP contribution in [0.25, 0.3) is 0 Å². The molecule has 4 N–H and O–H groups in total. The molecule has 0 aromatic rings. The van der Waals surface area contributed by atoms with E-state index in [0.29, 0.717) is 6.42 Å². The summed E-state index contributed by atoms with van der Waals surface area (Å²) in [5.74, 6) is -1.16. The van der Waals surface area contributed by atoms with Gasteiger partial charge < -0.3 is 16.2 Å². The number of hydrogen-bond acceptors (Lipinski definition) is 4. The van der Waals surface area contributed by atoms with Gasteiger partial charge in [0.25, 0.3) is 0 Å². The van der Waals surface area contributed by atoms with Crippen LogP contribution in [0.4, 0.5) is 0 Å². The van der Waals surface area contributed by atoms with Crippen molar-refractivity contribution in [1.29, 1.82) is 5.26 Å². The maximum Gasteiger partial charge on any atom is 0.249 e. The number of carbonyl (C=O) groups is 2. The molecule has 0 saturated heterocycles. The summed E-state index contributed by atoms with van der Waals surface area (Å²) in [4.78, 5) is 22.5. The van der Waals surface area contributed by atoms with Crippen molar-refractivity contribution in [2.24, 2.45) is 11.7 Å². The zero-order valence-corrected chi connectivity index (χ0v) is 10.1.